The number of nitrogens with zero attached hydrogens (tertiary/aromatic N) is 6. The maximum atomic E-state index is 12.3. The fourth-order valence-corrected chi connectivity index (χ4v) is 4.45. The van der Waals surface area contributed by atoms with Gasteiger partial charge in [-0.2, -0.15) is 10.2 Å². The number of hydrogen-bond acceptors (Lipinski definition) is 5. The zero-order valence-corrected chi connectivity index (χ0v) is 16.6. The average Bonchev–Trinajstić information content (AvgIpc) is 3.33. The first kappa shape index (κ1) is 18.2. The van der Waals surface area contributed by atoms with Crippen LogP contribution in [0.25, 0.3) is 11.3 Å². The zero-order valence-electron chi connectivity index (χ0n) is 16.6. The molecule has 0 bridgehead atoms. The van der Waals surface area contributed by atoms with Crippen LogP contribution in [0.2, 0.25) is 0 Å². The van der Waals surface area contributed by atoms with Gasteiger partial charge in [0.2, 0.25) is 0 Å². The molecule has 3 aromatic heterocycles. The van der Waals surface area contributed by atoms with Crippen molar-refractivity contribution in [1.82, 2.24) is 29.4 Å². The largest absolute Gasteiger partial charge is 0.297 e. The quantitative estimate of drug-likeness (QED) is 0.669. The fourth-order valence-electron chi connectivity index (χ4n) is 4.45. The third-order valence-electron chi connectivity index (χ3n) is 6.08. The maximum absolute atomic E-state index is 12.3. The van der Waals surface area contributed by atoms with E-state index in [-0.39, 0.29) is 5.56 Å². The van der Waals surface area contributed by atoms with E-state index in [1.807, 2.05) is 12.1 Å². The molecule has 0 unspecified atom stereocenters. The summed E-state index contributed by atoms with van der Waals surface area (Å²) in [6, 6.07) is 9.52. The van der Waals surface area contributed by atoms with Crippen molar-refractivity contribution in [2.75, 3.05) is 13.1 Å². The van der Waals surface area contributed by atoms with Crippen LogP contribution in [0, 0.1) is 5.92 Å². The minimum atomic E-state index is -0.0299. The summed E-state index contributed by atoms with van der Waals surface area (Å²) in [5.41, 5.74) is 4.35. The van der Waals surface area contributed by atoms with Crippen molar-refractivity contribution >= 4 is 0 Å². The number of fused-ring (bicyclic) bond motifs is 1. The predicted octanol–water partition coefficient (Wildman–Crippen LogP) is 2.36. The molecule has 3 aromatic rings. The van der Waals surface area contributed by atoms with Crippen LogP contribution >= 0.6 is 0 Å². The highest BCUT2D eigenvalue weighted by Gasteiger charge is 2.22. The molecule has 150 valence electrons. The molecule has 7 heteroatoms. The summed E-state index contributed by atoms with van der Waals surface area (Å²) in [7, 11) is 0. The molecule has 29 heavy (non-hydrogen) atoms. The van der Waals surface area contributed by atoms with E-state index in [2.05, 4.69) is 25.7 Å². The minimum Gasteiger partial charge on any atom is -0.297 e. The van der Waals surface area contributed by atoms with Crippen molar-refractivity contribution < 1.29 is 0 Å². The molecular weight excluding hydrogens is 364 g/mol. The molecule has 0 atom stereocenters. The van der Waals surface area contributed by atoms with Crippen LogP contribution in [0.15, 0.2) is 47.5 Å². The van der Waals surface area contributed by atoms with Crippen molar-refractivity contribution in [3.63, 3.8) is 0 Å². The Morgan fingerprint density at radius 2 is 1.83 bits per heavy atom. The van der Waals surface area contributed by atoms with Crippen LogP contribution in [0.4, 0.5) is 0 Å². The highest BCUT2D eigenvalue weighted by atomic mass is 16.1. The van der Waals surface area contributed by atoms with Crippen molar-refractivity contribution in [2.45, 2.75) is 45.3 Å². The minimum absolute atomic E-state index is 0.0299. The van der Waals surface area contributed by atoms with Gasteiger partial charge < -0.3 is 0 Å². The molecule has 0 aromatic carbocycles. The molecule has 0 saturated carbocycles. The summed E-state index contributed by atoms with van der Waals surface area (Å²) < 4.78 is 3.80. The molecule has 1 saturated heterocycles. The van der Waals surface area contributed by atoms with Crippen molar-refractivity contribution in [1.29, 1.82) is 0 Å². The van der Waals surface area contributed by atoms with Gasteiger partial charge in [-0.3, -0.25) is 19.4 Å². The number of aryl methyl sites for hydroxylation is 2. The summed E-state index contributed by atoms with van der Waals surface area (Å²) >= 11 is 0. The van der Waals surface area contributed by atoms with Gasteiger partial charge in [0.15, 0.2) is 0 Å². The average molecular weight is 390 g/mol. The molecule has 0 N–H and O–H groups in total. The first-order chi connectivity index (χ1) is 14.2. The molecule has 0 amide bonds. The number of hydrogen-bond donors (Lipinski definition) is 0. The summed E-state index contributed by atoms with van der Waals surface area (Å²) in [6.07, 6.45) is 8.05. The van der Waals surface area contributed by atoms with Crippen molar-refractivity contribution in [3.8, 4) is 11.3 Å². The van der Waals surface area contributed by atoms with Crippen LogP contribution < -0.4 is 5.56 Å². The van der Waals surface area contributed by atoms with Gasteiger partial charge in [-0.1, -0.05) is 0 Å². The third-order valence-corrected chi connectivity index (χ3v) is 6.08. The monoisotopic (exact) mass is 390 g/mol. The number of piperidine rings is 1. The molecular formula is C22H26N6O. The summed E-state index contributed by atoms with van der Waals surface area (Å²) in [4.78, 5) is 18.9. The molecule has 5 rings (SSSR count). The Morgan fingerprint density at radius 1 is 1.00 bits per heavy atom. The number of aromatic nitrogens is 5. The van der Waals surface area contributed by atoms with Crippen LogP contribution in [-0.4, -0.2) is 42.5 Å². The van der Waals surface area contributed by atoms with Gasteiger partial charge in [0, 0.05) is 49.4 Å². The van der Waals surface area contributed by atoms with E-state index in [1.54, 1.807) is 29.2 Å². The van der Waals surface area contributed by atoms with Crippen molar-refractivity contribution in [2.24, 2.45) is 5.92 Å². The number of rotatable bonds is 5. The van der Waals surface area contributed by atoms with E-state index in [9.17, 15) is 4.79 Å². The summed E-state index contributed by atoms with van der Waals surface area (Å²) in [5, 5.41) is 9.34. The summed E-state index contributed by atoms with van der Waals surface area (Å²) in [5.74, 6) is 0.483. The maximum Gasteiger partial charge on any atom is 0.266 e. The third kappa shape index (κ3) is 4.00. The molecule has 1 fully saturated rings. The van der Waals surface area contributed by atoms with Crippen LogP contribution in [0.5, 0.6) is 0 Å². The van der Waals surface area contributed by atoms with E-state index in [0.717, 1.165) is 56.7 Å². The fraction of sp³-hybridized carbons (Fsp3) is 0.455. The van der Waals surface area contributed by atoms with E-state index in [0.29, 0.717) is 12.5 Å². The SMILES string of the molecule is O=c1ccc(-c2ccncc2)nn1CC1CCN(Cc2cc3n(n2)CCC3)CC1. The van der Waals surface area contributed by atoms with Gasteiger partial charge in [-0.05, 0) is 69.0 Å². The highest BCUT2D eigenvalue weighted by molar-refractivity contribution is 5.56. The highest BCUT2D eigenvalue weighted by Crippen LogP contribution is 2.22. The van der Waals surface area contributed by atoms with Crippen LogP contribution in [0.3, 0.4) is 0 Å². The first-order valence-electron chi connectivity index (χ1n) is 10.5. The predicted molar refractivity (Wildman–Crippen MR) is 110 cm³/mol. The lowest BCUT2D eigenvalue weighted by Crippen LogP contribution is -2.36. The Kier molecular flexibility index (Phi) is 4.97. The Balaban J connectivity index is 1.20. The second-order valence-electron chi connectivity index (χ2n) is 8.15. The van der Waals surface area contributed by atoms with Gasteiger partial charge in [0.1, 0.15) is 0 Å². The lowest BCUT2D eigenvalue weighted by Gasteiger charge is -2.31. The van der Waals surface area contributed by atoms with E-state index < -0.39 is 0 Å². The van der Waals surface area contributed by atoms with Gasteiger partial charge in [-0.15, -0.1) is 0 Å². The lowest BCUT2D eigenvalue weighted by molar-refractivity contribution is 0.162. The van der Waals surface area contributed by atoms with E-state index >= 15 is 0 Å². The normalized spacial score (nSPS) is 17.5. The molecule has 2 aliphatic heterocycles. The second-order valence-corrected chi connectivity index (χ2v) is 8.15. The Labute approximate surface area is 170 Å². The standard InChI is InChI=1S/C22H26N6O/c29-22-4-3-21(18-5-9-23-10-6-18)25-28(22)15-17-7-12-26(13-8-17)16-19-14-20-2-1-11-27(20)24-19/h3-6,9-10,14,17H,1-2,7-8,11-13,15-16H2. The molecule has 0 spiro atoms. The number of likely N-dealkylation sites (tertiary alicyclic amines) is 1. The van der Waals surface area contributed by atoms with Gasteiger partial charge in [0.05, 0.1) is 11.4 Å². The number of pyridine rings is 1. The molecule has 2 aliphatic rings. The first-order valence-corrected chi connectivity index (χ1v) is 10.5. The van der Waals surface area contributed by atoms with Gasteiger partial charge in [0.25, 0.3) is 5.56 Å². The van der Waals surface area contributed by atoms with Gasteiger partial charge >= 0.3 is 0 Å². The molecule has 0 aliphatic carbocycles. The lowest BCUT2D eigenvalue weighted by atomic mass is 9.96. The molecule has 7 nitrogen and oxygen atoms in total. The van der Waals surface area contributed by atoms with E-state index in [1.165, 1.54) is 17.8 Å². The smallest absolute Gasteiger partial charge is 0.266 e. The topological polar surface area (TPSA) is 68.8 Å². The van der Waals surface area contributed by atoms with Gasteiger partial charge in [-0.25, -0.2) is 4.68 Å². The summed E-state index contributed by atoms with van der Waals surface area (Å²) in [6.45, 7) is 4.78. The molecule has 5 heterocycles. The second kappa shape index (κ2) is 7.91. The zero-order chi connectivity index (χ0) is 19.6. The van der Waals surface area contributed by atoms with Crippen LogP contribution in [-0.2, 0) is 26.1 Å². The molecule has 0 radical (unpaired) electrons. The Hall–Kier alpha value is -2.80. The van der Waals surface area contributed by atoms with Crippen molar-refractivity contribution in [3.05, 3.63) is 64.5 Å². The Morgan fingerprint density at radius 3 is 2.62 bits per heavy atom. The Bertz CT molecular complexity index is 1010. The van der Waals surface area contributed by atoms with Crippen LogP contribution in [0.1, 0.15) is 30.7 Å². The van der Waals surface area contributed by atoms with E-state index in [4.69, 9.17) is 5.10 Å².